The van der Waals surface area contributed by atoms with Gasteiger partial charge in [0.2, 0.25) is 0 Å². The molecule has 2 rings (SSSR count). The van der Waals surface area contributed by atoms with E-state index in [0.717, 1.165) is 5.56 Å². The Bertz CT molecular complexity index is 548. The maximum atomic E-state index is 11.1. The fourth-order valence-corrected chi connectivity index (χ4v) is 1.67. The summed E-state index contributed by atoms with van der Waals surface area (Å²) in [6.07, 6.45) is 1.53. The zero-order valence-corrected chi connectivity index (χ0v) is 9.76. The molecule has 0 N–H and O–H groups in total. The van der Waals surface area contributed by atoms with Crippen LogP contribution in [0.4, 0.5) is 0 Å². The molecule has 0 fully saturated rings. The highest BCUT2D eigenvalue weighted by atomic mass is 35.5. The van der Waals surface area contributed by atoms with Crippen molar-refractivity contribution in [2.24, 2.45) is 0 Å². The smallest absolute Gasteiger partial charge is 0.274 e. The molecular weight excluding hydrogens is 238 g/mol. The van der Waals surface area contributed by atoms with Crippen LogP contribution in [0, 0.1) is 0 Å². The van der Waals surface area contributed by atoms with Crippen molar-refractivity contribution < 1.29 is 4.79 Å². The number of carbonyl (C=O) groups excluding carboxylic acids is 1. The lowest BCUT2D eigenvalue weighted by Crippen LogP contribution is -2.04. The molecule has 0 aliphatic heterocycles. The molecule has 0 saturated heterocycles. The van der Waals surface area contributed by atoms with Crippen molar-refractivity contribution >= 4 is 22.9 Å². The number of aromatic nitrogens is 3. The number of rotatable bonds is 4. The number of hydrogen-bond donors (Lipinski definition) is 0. The van der Waals surface area contributed by atoms with E-state index in [4.69, 9.17) is 11.6 Å². The van der Waals surface area contributed by atoms with Crippen molar-refractivity contribution in [3.63, 3.8) is 0 Å². The number of halogens is 1. The highest BCUT2D eigenvalue weighted by molar-refractivity contribution is 6.67. The molecule has 4 nitrogen and oxygen atoms in total. The van der Waals surface area contributed by atoms with Gasteiger partial charge in [-0.15, -0.1) is 5.10 Å². The van der Waals surface area contributed by atoms with Gasteiger partial charge in [0, 0.05) is 0 Å². The first-order valence-corrected chi connectivity index (χ1v) is 5.40. The SMILES string of the molecule is C=Cc1c(C(=O)Cl)nnn1Cc1ccccc1. The molecule has 2 aromatic rings. The normalized spacial score (nSPS) is 10.2. The number of carbonyl (C=O) groups is 1. The predicted octanol–water partition coefficient (Wildman–Crippen LogP) is 2.35. The number of hydrogen-bond acceptors (Lipinski definition) is 3. The first-order chi connectivity index (χ1) is 8.22. The maximum Gasteiger partial charge on any atom is 0.275 e. The summed E-state index contributed by atoms with van der Waals surface area (Å²) in [7, 11) is 0. The molecule has 0 aliphatic carbocycles. The summed E-state index contributed by atoms with van der Waals surface area (Å²) in [6, 6.07) is 9.75. The summed E-state index contributed by atoms with van der Waals surface area (Å²) in [4.78, 5) is 11.1. The van der Waals surface area contributed by atoms with Crippen molar-refractivity contribution in [1.82, 2.24) is 15.0 Å². The molecule has 86 valence electrons. The van der Waals surface area contributed by atoms with Gasteiger partial charge in [0.25, 0.3) is 5.24 Å². The second-order valence-corrected chi connectivity index (χ2v) is 3.79. The minimum atomic E-state index is -0.626. The van der Waals surface area contributed by atoms with Crippen LogP contribution in [0.5, 0.6) is 0 Å². The van der Waals surface area contributed by atoms with Gasteiger partial charge < -0.3 is 0 Å². The Morgan fingerprint density at radius 2 is 2.12 bits per heavy atom. The van der Waals surface area contributed by atoms with E-state index in [0.29, 0.717) is 12.2 Å². The van der Waals surface area contributed by atoms with Gasteiger partial charge in [0.05, 0.1) is 12.2 Å². The van der Waals surface area contributed by atoms with Crippen LogP contribution in [0.25, 0.3) is 6.08 Å². The van der Waals surface area contributed by atoms with E-state index in [9.17, 15) is 4.79 Å². The minimum absolute atomic E-state index is 0.137. The monoisotopic (exact) mass is 247 g/mol. The van der Waals surface area contributed by atoms with Crippen LogP contribution >= 0.6 is 11.6 Å². The summed E-state index contributed by atoms with van der Waals surface area (Å²) in [6.45, 7) is 4.16. The second kappa shape index (κ2) is 4.93. The Labute approximate surface area is 104 Å². The van der Waals surface area contributed by atoms with Crippen LogP contribution < -0.4 is 0 Å². The van der Waals surface area contributed by atoms with Crippen LogP contribution in [0.2, 0.25) is 0 Å². The Balaban J connectivity index is 2.34. The van der Waals surface area contributed by atoms with Gasteiger partial charge in [-0.05, 0) is 23.2 Å². The van der Waals surface area contributed by atoms with Gasteiger partial charge in [0.1, 0.15) is 0 Å². The molecule has 0 atom stereocenters. The van der Waals surface area contributed by atoms with Crippen molar-refractivity contribution in [1.29, 1.82) is 0 Å². The summed E-state index contributed by atoms with van der Waals surface area (Å²) in [5.74, 6) is 0. The van der Waals surface area contributed by atoms with Crippen LogP contribution in [0.1, 0.15) is 21.7 Å². The molecule has 0 radical (unpaired) electrons. The van der Waals surface area contributed by atoms with Gasteiger partial charge in [-0.3, -0.25) is 4.79 Å². The van der Waals surface area contributed by atoms with E-state index in [1.165, 1.54) is 6.08 Å². The fourth-order valence-electron chi connectivity index (χ4n) is 1.54. The summed E-state index contributed by atoms with van der Waals surface area (Å²) < 4.78 is 1.60. The Kier molecular flexibility index (Phi) is 3.35. The summed E-state index contributed by atoms with van der Waals surface area (Å²) in [5.41, 5.74) is 1.74. The third kappa shape index (κ3) is 2.42. The average molecular weight is 248 g/mol. The summed E-state index contributed by atoms with van der Waals surface area (Å²) in [5, 5.41) is 7.01. The molecule has 17 heavy (non-hydrogen) atoms. The van der Waals surface area contributed by atoms with Gasteiger partial charge in [-0.2, -0.15) is 0 Å². The largest absolute Gasteiger partial charge is 0.275 e. The molecule has 0 unspecified atom stereocenters. The maximum absolute atomic E-state index is 11.1. The molecule has 0 saturated carbocycles. The van der Waals surface area contributed by atoms with E-state index in [1.807, 2.05) is 30.3 Å². The average Bonchev–Trinajstić information content (AvgIpc) is 2.73. The van der Waals surface area contributed by atoms with Crippen LogP contribution in [-0.4, -0.2) is 20.2 Å². The first kappa shape index (κ1) is 11.5. The van der Waals surface area contributed by atoms with E-state index in [1.54, 1.807) is 4.68 Å². The topological polar surface area (TPSA) is 47.8 Å². The third-order valence-corrected chi connectivity index (χ3v) is 2.51. The second-order valence-electron chi connectivity index (χ2n) is 3.44. The molecule has 1 aromatic carbocycles. The van der Waals surface area contributed by atoms with Gasteiger partial charge >= 0.3 is 0 Å². The van der Waals surface area contributed by atoms with Gasteiger partial charge in [-0.1, -0.05) is 42.1 Å². The fraction of sp³-hybridized carbons (Fsp3) is 0.0833. The molecule has 1 heterocycles. The number of benzene rings is 1. The Hall–Kier alpha value is -1.94. The van der Waals surface area contributed by atoms with Gasteiger partial charge in [-0.25, -0.2) is 4.68 Å². The molecule has 1 aromatic heterocycles. The van der Waals surface area contributed by atoms with Crippen molar-refractivity contribution in [3.05, 3.63) is 53.9 Å². The van der Waals surface area contributed by atoms with E-state index >= 15 is 0 Å². The van der Waals surface area contributed by atoms with E-state index < -0.39 is 5.24 Å². The lowest BCUT2D eigenvalue weighted by molar-refractivity contribution is 0.107. The highest BCUT2D eigenvalue weighted by Gasteiger charge is 2.15. The Morgan fingerprint density at radius 1 is 1.41 bits per heavy atom. The first-order valence-electron chi connectivity index (χ1n) is 5.02. The van der Waals surface area contributed by atoms with E-state index in [-0.39, 0.29) is 5.69 Å². The molecule has 0 aliphatic rings. The summed E-state index contributed by atoms with van der Waals surface area (Å²) >= 11 is 5.40. The Morgan fingerprint density at radius 3 is 2.71 bits per heavy atom. The van der Waals surface area contributed by atoms with Crippen molar-refractivity contribution in [2.75, 3.05) is 0 Å². The van der Waals surface area contributed by atoms with Gasteiger partial charge in [0.15, 0.2) is 5.69 Å². The lowest BCUT2D eigenvalue weighted by atomic mass is 10.2. The van der Waals surface area contributed by atoms with Crippen LogP contribution in [-0.2, 0) is 6.54 Å². The van der Waals surface area contributed by atoms with Crippen molar-refractivity contribution in [3.8, 4) is 0 Å². The predicted molar refractivity (Wildman–Crippen MR) is 65.8 cm³/mol. The molecule has 0 amide bonds. The molecule has 0 spiro atoms. The standard InChI is InChI=1S/C12H10ClN3O/c1-2-10-11(12(13)17)14-15-16(10)8-9-6-4-3-5-7-9/h2-7H,1,8H2. The lowest BCUT2D eigenvalue weighted by Gasteiger charge is -2.03. The zero-order valence-electron chi connectivity index (χ0n) is 9.01. The zero-order chi connectivity index (χ0) is 12.3. The van der Waals surface area contributed by atoms with Crippen LogP contribution in [0.3, 0.4) is 0 Å². The quantitative estimate of drug-likeness (QED) is 0.780. The minimum Gasteiger partial charge on any atom is -0.274 e. The third-order valence-electron chi connectivity index (χ3n) is 2.33. The van der Waals surface area contributed by atoms with E-state index in [2.05, 4.69) is 16.9 Å². The van der Waals surface area contributed by atoms with Crippen molar-refractivity contribution in [2.45, 2.75) is 6.54 Å². The molecule has 0 bridgehead atoms. The number of nitrogens with zero attached hydrogens (tertiary/aromatic N) is 3. The van der Waals surface area contributed by atoms with Crippen LogP contribution in [0.15, 0.2) is 36.9 Å². The highest BCUT2D eigenvalue weighted by Crippen LogP contribution is 2.12. The molecule has 5 heteroatoms. The molecular formula is C12H10ClN3O.